The van der Waals surface area contributed by atoms with E-state index in [1.807, 2.05) is 55.5 Å². The van der Waals surface area contributed by atoms with Crippen LogP contribution < -0.4 is 4.72 Å². The molecule has 2 heterocycles. The van der Waals surface area contributed by atoms with Gasteiger partial charge in [0, 0.05) is 6.54 Å². The molecule has 1 unspecified atom stereocenters. The third-order valence-electron chi connectivity index (χ3n) is 4.56. The van der Waals surface area contributed by atoms with Gasteiger partial charge in [-0.25, -0.2) is 18.1 Å². The van der Waals surface area contributed by atoms with Crippen LogP contribution in [0.3, 0.4) is 0 Å². The summed E-state index contributed by atoms with van der Waals surface area (Å²) in [5.41, 5.74) is 3.85. The molecule has 0 aliphatic carbocycles. The summed E-state index contributed by atoms with van der Waals surface area (Å²) in [4.78, 5) is 4.64. The topological polar surface area (TPSA) is 73.2 Å². The zero-order chi connectivity index (χ0) is 18.1. The van der Waals surface area contributed by atoms with Crippen LogP contribution in [0.15, 0.2) is 48.5 Å². The lowest BCUT2D eigenvalue weighted by molar-refractivity contribution is 0.0581. The number of hydrogen-bond donors (Lipinski definition) is 1. The third kappa shape index (κ3) is 3.51. The molecule has 0 spiro atoms. The fraction of sp³-hybridized carbons (Fsp3) is 0.316. The van der Waals surface area contributed by atoms with Crippen molar-refractivity contribution in [1.29, 1.82) is 0 Å². The third-order valence-corrected chi connectivity index (χ3v) is 5.88. The molecule has 7 heteroatoms. The van der Waals surface area contributed by atoms with Gasteiger partial charge in [0.2, 0.25) is 10.0 Å². The minimum Gasteiger partial charge on any atom is -0.371 e. The van der Waals surface area contributed by atoms with Crippen molar-refractivity contribution in [3.63, 3.8) is 0 Å². The van der Waals surface area contributed by atoms with Gasteiger partial charge in [0.25, 0.3) is 0 Å². The summed E-state index contributed by atoms with van der Waals surface area (Å²) in [7, 11) is -3.42. The molecule has 0 saturated carbocycles. The number of nitrogens with one attached hydrogen (secondary N) is 1. The number of ether oxygens (including phenoxy) is 1. The number of aromatic nitrogens is 2. The quantitative estimate of drug-likeness (QED) is 0.748. The van der Waals surface area contributed by atoms with E-state index in [-0.39, 0.29) is 18.3 Å². The summed E-state index contributed by atoms with van der Waals surface area (Å²) < 4.78 is 35.3. The number of nitrogens with zero attached hydrogens (tertiary/aromatic N) is 2. The minimum absolute atomic E-state index is 0.0296. The summed E-state index contributed by atoms with van der Waals surface area (Å²) in [6, 6.07) is 15.2. The number of imidazole rings is 1. The first-order chi connectivity index (χ1) is 12.5. The summed E-state index contributed by atoms with van der Waals surface area (Å²) in [5, 5.41) is 0. The Hall–Kier alpha value is -2.22. The molecule has 26 heavy (non-hydrogen) atoms. The minimum atomic E-state index is -3.42. The van der Waals surface area contributed by atoms with E-state index in [1.165, 1.54) is 0 Å². The van der Waals surface area contributed by atoms with Gasteiger partial charge in [-0.2, -0.15) is 0 Å². The van der Waals surface area contributed by atoms with Gasteiger partial charge in [-0.3, -0.25) is 0 Å². The van der Waals surface area contributed by atoms with E-state index in [1.54, 1.807) is 0 Å². The first-order valence-corrected chi connectivity index (χ1v) is 10.2. The molecule has 1 atom stereocenters. The van der Waals surface area contributed by atoms with Crippen LogP contribution in [-0.4, -0.2) is 31.1 Å². The van der Waals surface area contributed by atoms with E-state index in [4.69, 9.17) is 4.74 Å². The van der Waals surface area contributed by atoms with Gasteiger partial charge in [-0.05, 0) is 30.2 Å². The predicted molar refractivity (Wildman–Crippen MR) is 100 cm³/mol. The molecule has 1 aromatic heterocycles. The Kier molecular flexibility index (Phi) is 4.52. The molecule has 6 nitrogen and oxygen atoms in total. The fourth-order valence-electron chi connectivity index (χ4n) is 3.35. The van der Waals surface area contributed by atoms with Crippen molar-refractivity contribution >= 4 is 21.1 Å². The van der Waals surface area contributed by atoms with E-state index in [9.17, 15) is 8.42 Å². The highest BCUT2D eigenvalue weighted by molar-refractivity contribution is 7.88. The molecule has 0 bridgehead atoms. The fourth-order valence-corrected chi connectivity index (χ4v) is 4.53. The molecule has 1 aliphatic heterocycles. The van der Waals surface area contributed by atoms with Gasteiger partial charge in [-0.15, -0.1) is 0 Å². The van der Waals surface area contributed by atoms with Gasteiger partial charge in [0.15, 0.2) is 0 Å². The van der Waals surface area contributed by atoms with Crippen LogP contribution in [0, 0.1) is 6.92 Å². The second-order valence-electron chi connectivity index (χ2n) is 6.65. The number of fused-ring (bicyclic) bond motifs is 3. The van der Waals surface area contributed by atoms with Crippen molar-refractivity contribution in [2.45, 2.75) is 25.3 Å². The lowest BCUT2D eigenvalue weighted by Gasteiger charge is -2.26. The maximum atomic E-state index is 12.4. The zero-order valence-corrected chi connectivity index (χ0v) is 15.4. The van der Waals surface area contributed by atoms with E-state index >= 15 is 0 Å². The van der Waals surface area contributed by atoms with Gasteiger partial charge in [0.05, 0.1) is 29.4 Å². The molecule has 136 valence electrons. The predicted octanol–water partition coefficient (Wildman–Crippen LogP) is 2.54. The number of sulfonamides is 1. The van der Waals surface area contributed by atoms with E-state index < -0.39 is 10.0 Å². The van der Waals surface area contributed by atoms with Crippen LogP contribution in [0.4, 0.5) is 0 Å². The van der Waals surface area contributed by atoms with Gasteiger partial charge in [0.1, 0.15) is 12.4 Å². The Morgan fingerprint density at radius 3 is 2.85 bits per heavy atom. The van der Waals surface area contributed by atoms with Crippen molar-refractivity contribution in [1.82, 2.24) is 14.3 Å². The van der Waals surface area contributed by atoms with E-state index in [0.29, 0.717) is 13.2 Å². The Bertz CT molecular complexity index is 1030. The lowest BCUT2D eigenvalue weighted by atomic mass is 10.2. The van der Waals surface area contributed by atoms with E-state index in [2.05, 4.69) is 14.3 Å². The Morgan fingerprint density at radius 1 is 1.23 bits per heavy atom. The molecule has 3 aromatic rings. The molecule has 0 radical (unpaired) electrons. The monoisotopic (exact) mass is 371 g/mol. The Balaban J connectivity index is 1.54. The molecule has 2 aromatic carbocycles. The van der Waals surface area contributed by atoms with Crippen molar-refractivity contribution in [2.75, 3.05) is 13.2 Å². The van der Waals surface area contributed by atoms with Crippen molar-refractivity contribution in [3.8, 4) is 0 Å². The highest BCUT2D eigenvalue weighted by atomic mass is 32.2. The molecular formula is C19H21N3O3S. The maximum absolute atomic E-state index is 12.4. The Labute approximate surface area is 152 Å². The first kappa shape index (κ1) is 17.2. The van der Waals surface area contributed by atoms with Gasteiger partial charge < -0.3 is 9.30 Å². The lowest BCUT2D eigenvalue weighted by Crippen LogP contribution is -2.36. The van der Waals surface area contributed by atoms with Crippen LogP contribution >= 0.6 is 0 Å². The van der Waals surface area contributed by atoms with Crippen molar-refractivity contribution in [2.24, 2.45) is 0 Å². The summed E-state index contributed by atoms with van der Waals surface area (Å²) in [6.45, 7) is 3.21. The molecular weight excluding hydrogens is 350 g/mol. The maximum Gasteiger partial charge on any atom is 0.215 e. The molecule has 1 aliphatic rings. The smallest absolute Gasteiger partial charge is 0.215 e. The number of rotatable bonds is 5. The second-order valence-corrected chi connectivity index (χ2v) is 8.46. The molecule has 0 saturated heterocycles. The molecule has 1 N–H and O–H groups in total. The average Bonchev–Trinajstić information content (AvgIpc) is 2.98. The average molecular weight is 371 g/mol. The number of benzene rings is 2. The highest BCUT2D eigenvalue weighted by Gasteiger charge is 2.25. The summed E-state index contributed by atoms with van der Waals surface area (Å²) in [6.07, 6.45) is 0. The van der Waals surface area contributed by atoms with Crippen molar-refractivity contribution < 1.29 is 13.2 Å². The number of aryl methyl sites for hydroxylation is 1. The van der Waals surface area contributed by atoms with Crippen LogP contribution in [-0.2, 0) is 27.1 Å². The van der Waals surface area contributed by atoms with Crippen LogP contribution in [0.2, 0.25) is 0 Å². The SMILES string of the molecule is Cc1ccc2c(c1)nc1n2C(CNS(=O)(=O)Cc2ccccc2)COC1. The van der Waals surface area contributed by atoms with Crippen LogP contribution in [0.25, 0.3) is 11.0 Å². The largest absolute Gasteiger partial charge is 0.371 e. The molecule has 0 fully saturated rings. The van der Waals surface area contributed by atoms with Gasteiger partial charge >= 0.3 is 0 Å². The summed E-state index contributed by atoms with van der Waals surface area (Å²) >= 11 is 0. The van der Waals surface area contributed by atoms with Crippen LogP contribution in [0.1, 0.15) is 23.0 Å². The second kappa shape index (κ2) is 6.83. The normalized spacial score (nSPS) is 17.3. The van der Waals surface area contributed by atoms with Crippen LogP contribution in [0.5, 0.6) is 0 Å². The Morgan fingerprint density at radius 2 is 2.04 bits per heavy atom. The van der Waals surface area contributed by atoms with Gasteiger partial charge in [-0.1, -0.05) is 36.4 Å². The number of hydrogen-bond acceptors (Lipinski definition) is 4. The standard InChI is InChI=1S/C19H21N3O3S/c1-14-7-8-18-17(9-14)21-19-12-25-11-16(22(18)19)10-20-26(23,24)13-15-5-3-2-4-6-15/h2-9,16,20H,10-13H2,1H3. The van der Waals surface area contributed by atoms with Crippen molar-refractivity contribution in [3.05, 3.63) is 65.5 Å². The molecule has 0 amide bonds. The zero-order valence-electron chi connectivity index (χ0n) is 14.6. The molecule has 4 rings (SSSR count). The summed E-state index contributed by atoms with van der Waals surface area (Å²) in [5.74, 6) is 0.808. The van der Waals surface area contributed by atoms with E-state index in [0.717, 1.165) is 28.0 Å². The first-order valence-electron chi connectivity index (χ1n) is 8.58. The highest BCUT2D eigenvalue weighted by Crippen LogP contribution is 2.26.